The van der Waals surface area contributed by atoms with Crippen LogP contribution in [-0.4, -0.2) is 17.1 Å². The number of carbonyl (C=O) groups excluding carboxylic acids is 1. The number of esters is 1. The molecule has 0 saturated carbocycles. The zero-order valence-corrected chi connectivity index (χ0v) is 31.7. The van der Waals surface area contributed by atoms with Gasteiger partial charge in [0.2, 0.25) is 0 Å². The van der Waals surface area contributed by atoms with Crippen LogP contribution in [0.4, 0.5) is 0 Å². The number of rotatable bonds is 9. The van der Waals surface area contributed by atoms with Gasteiger partial charge in [-0.2, -0.15) is 0 Å². The number of carbonyl (C=O) groups is 1. The number of ether oxygens (including phenoxy) is 2. The Balaban J connectivity index is 1.56. The van der Waals surface area contributed by atoms with Crippen molar-refractivity contribution in [3.05, 3.63) is 157 Å². The summed E-state index contributed by atoms with van der Waals surface area (Å²) in [6, 6.07) is 28.3. The van der Waals surface area contributed by atoms with Gasteiger partial charge < -0.3 is 9.47 Å². The second-order valence-corrected chi connectivity index (χ2v) is 15.0. The fraction of sp³-hybridized carbons (Fsp3) is 0.184. The van der Waals surface area contributed by atoms with Crippen molar-refractivity contribution in [1.29, 1.82) is 0 Å². The van der Waals surface area contributed by atoms with E-state index in [1.54, 1.807) is 11.5 Å². The number of hydrogen-bond acceptors (Lipinski definition) is 6. The molecule has 10 heteroatoms. The van der Waals surface area contributed by atoms with E-state index in [-0.39, 0.29) is 12.2 Å². The second kappa shape index (κ2) is 14.9. The van der Waals surface area contributed by atoms with Crippen LogP contribution in [0.2, 0.25) is 5.02 Å². The molecule has 0 radical (unpaired) electrons. The quantitative estimate of drug-likeness (QED) is 0.110. The number of nitrogens with zero attached hydrogens (tertiary/aromatic N) is 2. The molecular formula is C38H31BrClIN2O4S. The van der Waals surface area contributed by atoms with Crippen LogP contribution >= 0.6 is 61.5 Å². The molecule has 0 amide bonds. The molecular weight excluding hydrogens is 823 g/mol. The average Bonchev–Trinajstić information content (AvgIpc) is 3.38. The van der Waals surface area contributed by atoms with Crippen molar-refractivity contribution in [2.24, 2.45) is 4.99 Å². The lowest BCUT2D eigenvalue weighted by Gasteiger charge is -2.26. The van der Waals surface area contributed by atoms with Crippen molar-refractivity contribution in [3.63, 3.8) is 0 Å². The Bertz CT molecular complexity index is 2210. The van der Waals surface area contributed by atoms with Gasteiger partial charge in [-0.1, -0.05) is 119 Å². The van der Waals surface area contributed by atoms with E-state index in [0.29, 0.717) is 43.9 Å². The van der Waals surface area contributed by atoms with Crippen LogP contribution in [0.15, 0.2) is 111 Å². The first kappa shape index (κ1) is 34.4. The number of halogens is 3. The van der Waals surface area contributed by atoms with Crippen molar-refractivity contribution in [2.75, 3.05) is 6.61 Å². The maximum absolute atomic E-state index is 14.5. The lowest BCUT2D eigenvalue weighted by molar-refractivity contribution is -0.138. The maximum Gasteiger partial charge on any atom is 0.338 e. The fourth-order valence-corrected chi connectivity index (χ4v) is 8.49. The number of fused-ring (bicyclic) bond motifs is 1. The molecule has 0 saturated heterocycles. The molecule has 244 valence electrons. The summed E-state index contributed by atoms with van der Waals surface area (Å²) in [6.45, 7) is 6.52. The summed E-state index contributed by atoms with van der Waals surface area (Å²) < 4.78 is 15.7. The number of thiazole rings is 1. The molecule has 6 rings (SSSR count). The largest absolute Gasteiger partial charge is 0.487 e. The molecule has 1 aromatic heterocycles. The molecule has 1 atom stereocenters. The summed E-state index contributed by atoms with van der Waals surface area (Å²) in [5.74, 6) is 0.456. The molecule has 48 heavy (non-hydrogen) atoms. The first-order valence-electron chi connectivity index (χ1n) is 15.4. The number of hydrogen-bond donors (Lipinski definition) is 0. The zero-order chi connectivity index (χ0) is 33.9. The van der Waals surface area contributed by atoms with E-state index in [1.807, 2.05) is 97.1 Å². The van der Waals surface area contributed by atoms with Gasteiger partial charge in [0, 0.05) is 20.6 Å². The van der Waals surface area contributed by atoms with Crippen LogP contribution in [-0.2, 0) is 16.1 Å². The van der Waals surface area contributed by atoms with Crippen LogP contribution in [0.3, 0.4) is 0 Å². The summed E-state index contributed by atoms with van der Waals surface area (Å²) in [7, 11) is 0. The molecule has 5 aromatic rings. The third-order valence-corrected chi connectivity index (χ3v) is 10.4. The lowest BCUT2D eigenvalue weighted by atomic mass is 9.91. The van der Waals surface area contributed by atoms with Crippen molar-refractivity contribution in [3.8, 4) is 5.75 Å². The van der Waals surface area contributed by atoms with Crippen LogP contribution < -0.4 is 19.6 Å². The first-order valence-corrected chi connectivity index (χ1v) is 18.5. The van der Waals surface area contributed by atoms with Gasteiger partial charge >= 0.3 is 5.97 Å². The predicted molar refractivity (Wildman–Crippen MR) is 204 cm³/mol. The highest BCUT2D eigenvalue weighted by Crippen LogP contribution is 2.36. The molecule has 0 spiro atoms. The Kier molecular flexibility index (Phi) is 10.7. The summed E-state index contributed by atoms with van der Waals surface area (Å²) in [4.78, 5) is 33.7. The van der Waals surface area contributed by atoms with Gasteiger partial charge in [0.1, 0.15) is 12.4 Å². The SMILES string of the molecule is CCOC(=O)C1=C(c2ccccc2)N=c2s/c(=C\c3cc(Br)cc(I)c3OCc3cccc(Cl)c3)c(=O)n2[C@H]1c1ccc(C(C)C)cc1. The van der Waals surface area contributed by atoms with Gasteiger partial charge in [-0.15, -0.1) is 0 Å². The Labute approximate surface area is 309 Å². The monoisotopic (exact) mass is 852 g/mol. The summed E-state index contributed by atoms with van der Waals surface area (Å²) in [5.41, 5.74) is 4.92. The molecule has 4 aromatic carbocycles. The van der Waals surface area contributed by atoms with Crippen molar-refractivity contribution in [1.82, 2.24) is 4.57 Å². The summed E-state index contributed by atoms with van der Waals surface area (Å²) >= 11 is 13.3. The van der Waals surface area contributed by atoms with Gasteiger partial charge in [0.25, 0.3) is 5.56 Å². The third-order valence-electron chi connectivity index (χ3n) is 7.89. The number of aromatic nitrogens is 1. The molecule has 6 nitrogen and oxygen atoms in total. The van der Waals surface area contributed by atoms with Crippen LogP contribution in [0.1, 0.15) is 60.5 Å². The highest BCUT2D eigenvalue weighted by atomic mass is 127. The molecule has 0 N–H and O–H groups in total. The molecule has 0 unspecified atom stereocenters. The van der Waals surface area contributed by atoms with Gasteiger partial charge in [-0.05, 0) is 82.5 Å². The highest BCUT2D eigenvalue weighted by molar-refractivity contribution is 14.1. The summed E-state index contributed by atoms with van der Waals surface area (Å²) in [6.07, 6.45) is 1.83. The lowest BCUT2D eigenvalue weighted by Crippen LogP contribution is -2.40. The van der Waals surface area contributed by atoms with Gasteiger partial charge in [0.05, 0.1) is 32.0 Å². The van der Waals surface area contributed by atoms with Crippen LogP contribution in [0, 0.1) is 3.57 Å². The standard InChI is InChI=1S/C38H31BrClIN2O4S/c1-4-46-37(45)32-33(25-10-6-5-7-11-25)42-38-43(34(32)26-15-13-24(14-16-26)22(2)3)36(44)31(48-38)19-27-18-28(39)20-30(41)35(27)47-21-23-9-8-12-29(40)17-23/h5-20,22,34H,4,21H2,1-3H3/b31-19-/t34-/m0/s1. The van der Waals surface area contributed by atoms with E-state index in [0.717, 1.165) is 35.9 Å². The predicted octanol–water partition coefficient (Wildman–Crippen LogP) is 8.66. The summed E-state index contributed by atoms with van der Waals surface area (Å²) in [5, 5.41) is 0.633. The molecule has 2 heterocycles. The van der Waals surface area contributed by atoms with Crippen molar-refractivity contribution in [2.45, 2.75) is 39.3 Å². The van der Waals surface area contributed by atoms with Gasteiger partial charge in [-0.3, -0.25) is 9.36 Å². The van der Waals surface area contributed by atoms with Crippen molar-refractivity contribution < 1.29 is 14.3 Å². The van der Waals surface area contributed by atoms with Gasteiger partial charge in [0.15, 0.2) is 4.80 Å². The Morgan fingerprint density at radius 2 is 1.81 bits per heavy atom. The van der Waals surface area contributed by atoms with E-state index in [9.17, 15) is 9.59 Å². The van der Waals surface area contributed by atoms with E-state index in [4.69, 9.17) is 26.1 Å². The van der Waals surface area contributed by atoms with Crippen molar-refractivity contribution >= 4 is 79.2 Å². The maximum atomic E-state index is 14.5. The minimum atomic E-state index is -0.750. The van der Waals surface area contributed by atoms with E-state index >= 15 is 0 Å². The normalized spacial score (nSPS) is 14.6. The average molecular weight is 854 g/mol. The zero-order valence-electron chi connectivity index (χ0n) is 26.4. The Morgan fingerprint density at radius 1 is 1.06 bits per heavy atom. The fourth-order valence-electron chi connectivity index (χ4n) is 5.58. The van der Waals surface area contributed by atoms with Gasteiger partial charge in [-0.25, -0.2) is 9.79 Å². The van der Waals surface area contributed by atoms with E-state index in [1.165, 1.54) is 11.3 Å². The molecule has 1 aliphatic heterocycles. The topological polar surface area (TPSA) is 69.9 Å². The van der Waals surface area contributed by atoms with Crippen LogP contribution in [0.5, 0.6) is 5.75 Å². The highest BCUT2D eigenvalue weighted by Gasteiger charge is 2.35. The molecule has 1 aliphatic rings. The molecule has 0 fully saturated rings. The Hall–Kier alpha value is -3.51. The minimum absolute atomic E-state index is 0.188. The second-order valence-electron chi connectivity index (χ2n) is 11.5. The number of benzene rings is 4. The molecule has 0 aliphatic carbocycles. The molecule has 0 bridgehead atoms. The van der Waals surface area contributed by atoms with E-state index < -0.39 is 12.0 Å². The third kappa shape index (κ3) is 7.24. The van der Waals surface area contributed by atoms with E-state index in [2.05, 4.69) is 52.4 Å². The minimum Gasteiger partial charge on any atom is -0.487 e. The smallest absolute Gasteiger partial charge is 0.338 e. The first-order chi connectivity index (χ1) is 23.1. The van der Waals surface area contributed by atoms with Crippen LogP contribution in [0.25, 0.3) is 11.8 Å². The Morgan fingerprint density at radius 3 is 2.50 bits per heavy atom.